The van der Waals surface area contributed by atoms with Crippen molar-refractivity contribution in [1.29, 1.82) is 0 Å². The van der Waals surface area contributed by atoms with E-state index < -0.39 is 11.0 Å². The monoisotopic (exact) mass is 405 g/mol. The summed E-state index contributed by atoms with van der Waals surface area (Å²) in [5.41, 5.74) is 0.329. The van der Waals surface area contributed by atoms with Crippen molar-refractivity contribution in [3.05, 3.63) is 55.5 Å². The summed E-state index contributed by atoms with van der Waals surface area (Å²) in [4.78, 5) is 22.6. The van der Waals surface area contributed by atoms with Crippen LogP contribution >= 0.6 is 46.6 Å². The molecule has 2 aromatic carbocycles. The molecule has 10 heteroatoms. The summed E-state index contributed by atoms with van der Waals surface area (Å²) in [5.74, 6) is 0. The smallest absolute Gasteiger partial charge is 0.318 e. The lowest BCUT2D eigenvalue weighted by Gasteiger charge is -2.11. The lowest BCUT2D eigenvalue weighted by Crippen LogP contribution is -2.24. The maximum Gasteiger partial charge on any atom is 0.318 e. The first-order valence-corrected chi connectivity index (χ1v) is 8.36. The van der Waals surface area contributed by atoms with Crippen LogP contribution in [-0.4, -0.2) is 18.0 Å². The van der Waals surface area contributed by atoms with E-state index in [4.69, 9.17) is 34.8 Å². The number of rotatable bonds is 4. The molecule has 2 amide bonds. The summed E-state index contributed by atoms with van der Waals surface area (Å²) in [6.07, 6.45) is 0. The molecule has 0 saturated carbocycles. The Morgan fingerprint density at radius 3 is 2.25 bits per heavy atom. The second kappa shape index (κ2) is 7.94. The van der Waals surface area contributed by atoms with Crippen LogP contribution in [0.25, 0.3) is 0 Å². The van der Waals surface area contributed by atoms with Crippen LogP contribution in [0.4, 0.5) is 16.2 Å². The molecule has 0 aromatic heterocycles. The van der Waals surface area contributed by atoms with Crippen molar-refractivity contribution in [1.82, 2.24) is 5.32 Å². The normalized spacial score (nSPS) is 10.3. The molecule has 0 aliphatic carbocycles. The molecule has 0 fully saturated rings. The first-order chi connectivity index (χ1) is 11.3. The standard InChI is InChI=1S/C14H10Cl3N3O3S/c1-18-14(21)19-7-4-10(16)13(11(17)5-7)24-12-3-2-8(20(22)23)6-9(12)15/h2-6H,1H3,(H2,18,19,21). The number of carbonyl (C=O) groups is 1. The van der Waals surface area contributed by atoms with E-state index in [2.05, 4.69) is 10.6 Å². The minimum absolute atomic E-state index is 0.105. The van der Waals surface area contributed by atoms with E-state index in [1.807, 2.05) is 0 Å². The Labute approximate surface area is 156 Å². The van der Waals surface area contributed by atoms with E-state index in [9.17, 15) is 14.9 Å². The molecule has 6 nitrogen and oxygen atoms in total. The zero-order valence-corrected chi connectivity index (χ0v) is 15.2. The number of nitrogens with zero attached hydrogens (tertiary/aromatic N) is 1. The van der Waals surface area contributed by atoms with Crippen LogP contribution in [-0.2, 0) is 0 Å². The molecular formula is C14H10Cl3N3O3S. The van der Waals surface area contributed by atoms with Gasteiger partial charge in [0.25, 0.3) is 5.69 Å². The molecule has 2 rings (SSSR count). The molecule has 0 saturated heterocycles. The molecule has 2 aromatic rings. The van der Waals surface area contributed by atoms with Crippen LogP contribution < -0.4 is 10.6 Å². The van der Waals surface area contributed by atoms with Gasteiger partial charge in [0.1, 0.15) is 0 Å². The van der Waals surface area contributed by atoms with E-state index in [0.717, 1.165) is 0 Å². The second-order valence-corrected chi connectivity index (χ2v) is 6.72. The number of benzene rings is 2. The Hall–Kier alpha value is -1.67. The number of nitro benzene ring substituents is 1. The maximum absolute atomic E-state index is 11.3. The van der Waals surface area contributed by atoms with E-state index in [1.165, 1.54) is 37.0 Å². The second-order valence-electron chi connectivity index (χ2n) is 4.45. The summed E-state index contributed by atoms with van der Waals surface area (Å²) < 4.78 is 0. The third-order valence-electron chi connectivity index (χ3n) is 2.82. The van der Waals surface area contributed by atoms with Crippen LogP contribution in [0.5, 0.6) is 0 Å². The number of nitro groups is 1. The van der Waals surface area contributed by atoms with Gasteiger partial charge in [0.2, 0.25) is 0 Å². The number of hydrogen-bond donors (Lipinski definition) is 2. The Bertz CT molecular complexity index is 794. The largest absolute Gasteiger partial charge is 0.341 e. The number of urea groups is 1. The van der Waals surface area contributed by atoms with Gasteiger partial charge in [0.15, 0.2) is 0 Å². The van der Waals surface area contributed by atoms with Gasteiger partial charge in [-0.25, -0.2) is 4.79 Å². The number of non-ortho nitro benzene ring substituents is 1. The topological polar surface area (TPSA) is 84.3 Å². The molecule has 0 unspecified atom stereocenters. The van der Waals surface area contributed by atoms with Crippen LogP contribution in [0, 0.1) is 10.1 Å². The number of halogens is 3. The molecule has 0 spiro atoms. The number of hydrogen-bond acceptors (Lipinski definition) is 4. The van der Waals surface area contributed by atoms with Gasteiger partial charge in [-0.2, -0.15) is 0 Å². The van der Waals surface area contributed by atoms with Gasteiger partial charge in [0.05, 0.1) is 20.0 Å². The average molecular weight is 407 g/mol. The summed E-state index contributed by atoms with van der Waals surface area (Å²) in [5, 5.41) is 16.6. The van der Waals surface area contributed by atoms with E-state index in [1.54, 1.807) is 12.1 Å². The van der Waals surface area contributed by atoms with Crippen molar-refractivity contribution in [2.75, 3.05) is 12.4 Å². The van der Waals surface area contributed by atoms with Crippen molar-refractivity contribution in [2.45, 2.75) is 9.79 Å². The van der Waals surface area contributed by atoms with Crippen molar-refractivity contribution in [3.63, 3.8) is 0 Å². The van der Waals surface area contributed by atoms with Gasteiger partial charge >= 0.3 is 6.03 Å². The molecule has 2 N–H and O–H groups in total. The van der Waals surface area contributed by atoms with E-state index >= 15 is 0 Å². The molecule has 24 heavy (non-hydrogen) atoms. The zero-order valence-electron chi connectivity index (χ0n) is 12.1. The molecule has 0 atom stereocenters. The quantitative estimate of drug-likeness (QED) is 0.522. The van der Waals surface area contributed by atoms with E-state index in [-0.39, 0.29) is 10.7 Å². The Morgan fingerprint density at radius 1 is 1.12 bits per heavy atom. The van der Waals surface area contributed by atoms with Gasteiger partial charge in [-0.1, -0.05) is 46.6 Å². The fourth-order valence-electron chi connectivity index (χ4n) is 1.72. The average Bonchev–Trinajstić information content (AvgIpc) is 2.51. The third kappa shape index (κ3) is 4.45. The number of amides is 2. The molecule has 0 aliphatic rings. The lowest BCUT2D eigenvalue weighted by molar-refractivity contribution is -0.384. The van der Waals surface area contributed by atoms with Crippen LogP contribution in [0.1, 0.15) is 0 Å². The Balaban J connectivity index is 2.30. The fraction of sp³-hybridized carbons (Fsp3) is 0.0714. The summed E-state index contributed by atoms with van der Waals surface area (Å²) in [6, 6.07) is 6.81. The Morgan fingerprint density at radius 2 is 1.75 bits per heavy atom. The predicted octanol–water partition coefficient (Wildman–Crippen LogP) is 5.46. The summed E-state index contributed by atoms with van der Waals surface area (Å²) >= 11 is 19.7. The highest BCUT2D eigenvalue weighted by atomic mass is 35.5. The van der Waals surface area contributed by atoms with Gasteiger partial charge in [-0.3, -0.25) is 10.1 Å². The van der Waals surface area contributed by atoms with Crippen molar-refractivity contribution >= 4 is 64.0 Å². The number of nitrogens with one attached hydrogen (secondary N) is 2. The van der Waals surface area contributed by atoms with Crippen LogP contribution in [0.2, 0.25) is 15.1 Å². The van der Waals surface area contributed by atoms with Gasteiger partial charge in [0, 0.05) is 34.7 Å². The summed E-state index contributed by atoms with van der Waals surface area (Å²) in [6.45, 7) is 0. The van der Waals surface area contributed by atoms with Crippen molar-refractivity contribution in [3.8, 4) is 0 Å². The van der Waals surface area contributed by atoms with E-state index in [0.29, 0.717) is 25.5 Å². The molecule has 0 bridgehead atoms. The molecular weight excluding hydrogens is 397 g/mol. The highest BCUT2D eigenvalue weighted by molar-refractivity contribution is 7.99. The predicted molar refractivity (Wildman–Crippen MR) is 96.8 cm³/mol. The minimum Gasteiger partial charge on any atom is -0.341 e. The third-order valence-corrected chi connectivity index (χ3v) is 5.29. The first-order valence-electron chi connectivity index (χ1n) is 6.41. The first kappa shape index (κ1) is 18.7. The highest BCUT2D eigenvalue weighted by Crippen LogP contribution is 2.43. The fourth-order valence-corrected chi connectivity index (χ4v) is 3.55. The Kier molecular flexibility index (Phi) is 6.17. The van der Waals surface area contributed by atoms with Crippen LogP contribution in [0.3, 0.4) is 0 Å². The molecule has 126 valence electrons. The van der Waals surface area contributed by atoms with Crippen molar-refractivity contribution < 1.29 is 9.72 Å². The number of carbonyl (C=O) groups excluding carboxylic acids is 1. The van der Waals surface area contributed by atoms with Crippen LogP contribution in [0.15, 0.2) is 40.1 Å². The van der Waals surface area contributed by atoms with Gasteiger partial charge < -0.3 is 10.6 Å². The lowest BCUT2D eigenvalue weighted by atomic mass is 10.3. The van der Waals surface area contributed by atoms with Gasteiger partial charge in [-0.05, 0) is 18.2 Å². The SMILES string of the molecule is CNC(=O)Nc1cc(Cl)c(Sc2ccc([N+](=O)[O-])cc2Cl)c(Cl)c1. The number of anilines is 1. The molecule has 0 aliphatic heterocycles. The zero-order chi connectivity index (χ0) is 17.9. The maximum atomic E-state index is 11.3. The highest BCUT2D eigenvalue weighted by Gasteiger charge is 2.15. The minimum atomic E-state index is -0.528. The van der Waals surface area contributed by atoms with Gasteiger partial charge in [-0.15, -0.1) is 0 Å². The summed E-state index contributed by atoms with van der Waals surface area (Å²) in [7, 11) is 1.49. The van der Waals surface area contributed by atoms with Crippen molar-refractivity contribution in [2.24, 2.45) is 0 Å². The molecule has 0 heterocycles. The molecule has 0 radical (unpaired) electrons.